The Balaban J connectivity index is 1.52. The van der Waals surface area contributed by atoms with Crippen molar-refractivity contribution >= 4 is 0 Å². The molecule has 174 valence electrons. The lowest BCUT2D eigenvalue weighted by molar-refractivity contribution is -0.137. The van der Waals surface area contributed by atoms with Crippen LogP contribution in [0.25, 0.3) is 0 Å². The first-order valence-electron chi connectivity index (χ1n) is 13.4. The van der Waals surface area contributed by atoms with E-state index in [0.29, 0.717) is 19.0 Å². The first-order valence-corrected chi connectivity index (χ1v) is 13.4. The summed E-state index contributed by atoms with van der Waals surface area (Å²) >= 11 is 0. The van der Waals surface area contributed by atoms with Gasteiger partial charge in [0.1, 0.15) is 6.79 Å². The standard InChI is InChI=1S/C27H49NO2/c1-3-5-7-9-11-19-27(22-28)20-17-26(18-21-27)30-23-29-25-15-13-24(14-16-25)12-10-8-6-4-2/h24-26H,3-21,23H2,1-2H3. The minimum atomic E-state index is -0.0809. The van der Waals surface area contributed by atoms with Crippen molar-refractivity contribution in [3.05, 3.63) is 0 Å². The summed E-state index contributed by atoms with van der Waals surface area (Å²) in [7, 11) is 0. The van der Waals surface area contributed by atoms with Crippen LogP contribution in [-0.4, -0.2) is 19.0 Å². The van der Waals surface area contributed by atoms with Gasteiger partial charge in [-0.1, -0.05) is 78.1 Å². The summed E-state index contributed by atoms with van der Waals surface area (Å²) < 4.78 is 12.1. The minimum Gasteiger partial charge on any atom is -0.352 e. The first-order chi connectivity index (χ1) is 14.7. The van der Waals surface area contributed by atoms with Crippen LogP contribution in [0.4, 0.5) is 0 Å². The van der Waals surface area contributed by atoms with E-state index in [1.165, 1.54) is 89.9 Å². The normalized spacial score (nSPS) is 29.6. The molecule has 0 saturated heterocycles. The first kappa shape index (κ1) is 25.7. The molecule has 2 saturated carbocycles. The Morgan fingerprint density at radius 1 is 0.733 bits per heavy atom. The quantitative estimate of drug-likeness (QED) is 0.198. The molecule has 3 heteroatoms. The van der Waals surface area contributed by atoms with Gasteiger partial charge in [-0.2, -0.15) is 5.26 Å². The maximum atomic E-state index is 9.76. The molecule has 0 amide bonds. The van der Waals surface area contributed by atoms with Gasteiger partial charge >= 0.3 is 0 Å². The van der Waals surface area contributed by atoms with E-state index >= 15 is 0 Å². The van der Waals surface area contributed by atoms with Crippen LogP contribution in [-0.2, 0) is 9.47 Å². The Labute approximate surface area is 187 Å². The molecular weight excluding hydrogens is 370 g/mol. The van der Waals surface area contributed by atoms with E-state index in [1.54, 1.807) is 0 Å². The molecule has 0 atom stereocenters. The number of ether oxygens (including phenoxy) is 2. The molecule has 0 aliphatic heterocycles. The van der Waals surface area contributed by atoms with Crippen molar-refractivity contribution in [3.63, 3.8) is 0 Å². The maximum absolute atomic E-state index is 9.76. The molecule has 0 aromatic carbocycles. The van der Waals surface area contributed by atoms with Gasteiger partial charge in [0.15, 0.2) is 0 Å². The Kier molecular flexibility index (Phi) is 13.0. The number of hydrogen-bond donors (Lipinski definition) is 0. The van der Waals surface area contributed by atoms with Gasteiger partial charge in [0, 0.05) is 0 Å². The van der Waals surface area contributed by atoms with Crippen LogP contribution in [0.1, 0.15) is 136 Å². The molecule has 2 aliphatic rings. The second-order valence-corrected chi connectivity index (χ2v) is 10.2. The third-order valence-electron chi connectivity index (χ3n) is 7.75. The van der Waals surface area contributed by atoms with Crippen LogP contribution in [0.15, 0.2) is 0 Å². The van der Waals surface area contributed by atoms with E-state index in [4.69, 9.17) is 9.47 Å². The van der Waals surface area contributed by atoms with Gasteiger partial charge in [0.25, 0.3) is 0 Å². The van der Waals surface area contributed by atoms with Crippen molar-refractivity contribution < 1.29 is 9.47 Å². The summed E-state index contributed by atoms with van der Waals surface area (Å²) in [6, 6.07) is 2.68. The third kappa shape index (κ3) is 9.69. The highest BCUT2D eigenvalue weighted by atomic mass is 16.7. The highest BCUT2D eigenvalue weighted by Gasteiger charge is 2.35. The van der Waals surface area contributed by atoms with Crippen molar-refractivity contribution in [2.75, 3.05) is 6.79 Å². The molecule has 30 heavy (non-hydrogen) atoms. The molecule has 2 aliphatic carbocycles. The summed E-state index contributed by atoms with van der Waals surface area (Å²) in [6.07, 6.45) is 24.3. The van der Waals surface area contributed by atoms with Gasteiger partial charge in [-0.05, 0) is 63.7 Å². The van der Waals surface area contributed by atoms with Crippen LogP contribution >= 0.6 is 0 Å². The average Bonchev–Trinajstić information content (AvgIpc) is 2.79. The Morgan fingerprint density at radius 2 is 1.30 bits per heavy atom. The molecule has 0 aromatic heterocycles. The molecule has 0 aromatic rings. The Hall–Kier alpha value is -0.590. The smallest absolute Gasteiger partial charge is 0.147 e. The fraction of sp³-hybridized carbons (Fsp3) is 0.963. The van der Waals surface area contributed by atoms with Crippen molar-refractivity contribution in [3.8, 4) is 6.07 Å². The van der Waals surface area contributed by atoms with Crippen LogP contribution in [0.5, 0.6) is 0 Å². The molecule has 3 nitrogen and oxygen atoms in total. The van der Waals surface area contributed by atoms with E-state index < -0.39 is 0 Å². The van der Waals surface area contributed by atoms with Crippen LogP contribution in [0, 0.1) is 22.7 Å². The van der Waals surface area contributed by atoms with Gasteiger partial charge < -0.3 is 9.47 Å². The van der Waals surface area contributed by atoms with Gasteiger partial charge in [-0.15, -0.1) is 0 Å². The fourth-order valence-electron chi connectivity index (χ4n) is 5.47. The lowest BCUT2D eigenvalue weighted by Gasteiger charge is -2.35. The van der Waals surface area contributed by atoms with Gasteiger partial charge in [-0.25, -0.2) is 0 Å². The topological polar surface area (TPSA) is 42.2 Å². The molecule has 2 fully saturated rings. The summed E-state index contributed by atoms with van der Waals surface area (Å²) in [6.45, 7) is 4.99. The zero-order chi connectivity index (χ0) is 21.5. The summed E-state index contributed by atoms with van der Waals surface area (Å²) in [5.41, 5.74) is -0.0809. The second-order valence-electron chi connectivity index (χ2n) is 10.2. The average molecular weight is 420 g/mol. The molecule has 0 radical (unpaired) electrons. The van der Waals surface area contributed by atoms with Crippen LogP contribution in [0.3, 0.4) is 0 Å². The molecule has 0 unspecified atom stereocenters. The highest BCUT2D eigenvalue weighted by molar-refractivity contribution is 5.01. The third-order valence-corrected chi connectivity index (χ3v) is 7.75. The van der Waals surface area contributed by atoms with Crippen molar-refractivity contribution in [1.29, 1.82) is 5.26 Å². The second kappa shape index (κ2) is 15.3. The minimum absolute atomic E-state index is 0.0809. The molecule has 2 rings (SSSR count). The molecule has 0 heterocycles. The van der Waals surface area contributed by atoms with Crippen molar-refractivity contribution in [1.82, 2.24) is 0 Å². The van der Waals surface area contributed by atoms with Gasteiger partial charge in [0.2, 0.25) is 0 Å². The number of rotatable bonds is 15. The van der Waals surface area contributed by atoms with Gasteiger partial charge in [-0.3, -0.25) is 0 Å². The Morgan fingerprint density at radius 3 is 1.90 bits per heavy atom. The SMILES string of the molecule is CCCCCCCC1(C#N)CCC(OCOC2CCC(CCCCCC)CC2)CC1. The number of nitriles is 1. The lowest BCUT2D eigenvalue weighted by atomic mass is 9.71. The summed E-state index contributed by atoms with van der Waals surface area (Å²) in [4.78, 5) is 0. The number of nitrogens with zero attached hydrogens (tertiary/aromatic N) is 1. The zero-order valence-corrected chi connectivity index (χ0v) is 20.1. The Bertz CT molecular complexity index is 456. The zero-order valence-electron chi connectivity index (χ0n) is 20.1. The number of hydrogen-bond acceptors (Lipinski definition) is 3. The van der Waals surface area contributed by atoms with E-state index in [1.807, 2.05) is 0 Å². The maximum Gasteiger partial charge on any atom is 0.147 e. The van der Waals surface area contributed by atoms with Gasteiger partial charge in [0.05, 0.1) is 23.7 Å². The lowest BCUT2D eigenvalue weighted by Crippen LogP contribution is -2.31. The van der Waals surface area contributed by atoms with Crippen LogP contribution < -0.4 is 0 Å². The summed E-state index contributed by atoms with van der Waals surface area (Å²) in [5.74, 6) is 0.932. The van der Waals surface area contributed by atoms with Crippen LogP contribution in [0.2, 0.25) is 0 Å². The molecule has 0 N–H and O–H groups in total. The van der Waals surface area contributed by atoms with E-state index in [0.717, 1.165) is 38.0 Å². The predicted octanol–water partition coefficient (Wildman–Crippen LogP) is 8.32. The van der Waals surface area contributed by atoms with Crippen molar-refractivity contribution in [2.45, 2.75) is 148 Å². The monoisotopic (exact) mass is 419 g/mol. The van der Waals surface area contributed by atoms with E-state index in [-0.39, 0.29) is 5.41 Å². The fourth-order valence-corrected chi connectivity index (χ4v) is 5.47. The highest BCUT2D eigenvalue weighted by Crippen LogP contribution is 2.41. The molecular formula is C27H49NO2. The predicted molar refractivity (Wildman–Crippen MR) is 125 cm³/mol. The largest absolute Gasteiger partial charge is 0.352 e. The molecule has 0 spiro atoms. The van der Waals surface area contributed by atoms with E-state index in [9.17, 15) is 5.26 Å². The molecule has 0 bridgehead atoms. The van der Waals surface area contributed by atoms with E-state index in [2.05, 4.69) is 19.9 Å². The number of unbranched alkanes of at least 4 members (excludes halogenated alkanes) is 7. The van der Waals surface area contributed by atoms with Crippen molar-refractivity contribution in [2.24, 2.45) is 11.3 Å². The summed E-state index contributed by atoms with van der Waals surface area (Å²) in [5, 5.41) is 9.76.